The van der Waals surface area contributed by atoms with E-state index in [1.165, 1.54) is 19.2 Å². The average molecular weight is 405 g/mol. The van der Waals surface area contributed by atoms with Gasteiger partial charge in [0.15, 0.2) is 0 Å². The van der Waals surface area contributed by atoms with E-state index in [0.717, 1.165) is 11.1 Å². The first-order chi connectivity index (χ1) is 14.3. The molecule has 2 amide bonds. The van der Waals surface area contributed by atoms with Crippen LogP contribution in [-0.2, 0) is 4.79 Å². The van der Waals surface area contributed by atoms with Gasteiger partial charge in [-0.2, -0.15) is 5.10 Å². The van der Waals surface area contributed by atoms with Crippen molar-refractivity contribution in [2.75, 3.05) is 5.32 Å². The number of benzene rings is 2. The highest BCUT2D eigenvalue weighted by molar-refractivity contribution is 5.96. The van der Waals surface area contributed by atoms with E-state index in [2.05, 4.69) is 15.8 Å². The minimum atomic E-state index is -0.989. The molecule has 8 nitrogen and oxygen atoms in total. The van der Waals surface area contributed by atoms with Gasteiger partial charge in [-0.05, 0) is 61.0 Å². The maximum absolute atomic E-state index is 12.1. The highest BCUT2D eigenvalue weighted by atomic mass is 16.4. The lowest BCUT2D eigenvalue weighted by molar-refractivity contribution is -0.114. The summed E-state index contributed by atoms with van der Waals surface area (Å²) in [6, 6.07) is 14.6. The van der Waals surface area contributed by atoms with Gasteiger partial charge in [0.25, 0.3) is 5.91 Å². The molecule has 0 spiro atoms. The lowest BCUT2D eigenvalue weighted by Crippen LogP contribution is -2.17. The maximum atomic E-state index is 12.1. The third-order valence-electron chi connectivity index (χ3n) is 4.19. The molecule has 8 heteroatoms. The summed E-state index contributed by atoms with van der Waals surface area (Å²) in [5, 5.41) is 15.6. The van der Waals surface area contributed by atoms with Crippen LogP contribution in [0, 0.1) is 6.92 Å². The van der Waals surface area contributed by atoms with E-state index in [4.69, 9.17) is 9.52 Å². The van der Waals surface area contributed by atoms with Crippen molar-refractivity contribution in [3.63, 3.8) is 0 Å². The molecule has 1 aromatic heterocycles. The maximum Gasteiger partial charge on any atom is 0.335 e. The molecule has 152 valence electrons. The number of hydrogen-bond donors (Lipinski definition) is 3. The quantitative estimate of drug-likeness (QED) is 0.427. The Hall–Kier alpha value is -4.20. The van der Waals surface area contributed by atoms with Crippen molar-refractivity contribution in [1.82, 2.24) is 5.43 Å². The molecule has 0 radical (unpaired) electrons. The van der Waals surface area contributed by atoms with E-state index in [1.807, 2.05) is 0 Å². The first kappa shape index (κ1) is 20.5. The molecule has 0 aliphatic rings. The molecule has 2 aromatic carbocycles. The van der Waals surface area contributed by atoms with Crippen LogP contribution in [0.4, 0.5) is 5.69 Å². The Morgan fingerprint density at radius 2 is 1.70 bits per heavy atom. The number of amides is 2. The summed E-state index contributed by atoms with van der Waals surface area (Å²) in [5.74, 6) is -0.605. The molecular formula is C22H19N3O5. The van der Waals surface area contributed by atoms with Crippen LogP contribution in [0.3, 0.4) is 0 Å². The van der Waals surface area contributed by atoms with Crippen LogP contribution in [0.25, 0.3) is 11.3 Å². The van der Waals surface area contributed by atoms with Crippen LogP contribution in [0.2, 0.25) is 0 Å². The normalized spacial score (nSPS) is 10.7. The van der Waals surface area contributed by atoms with Crippen molar-refractivity contribution in [2.45, 2.75) is 13.8 Å². The Morgan fingerprint density at radius 1 is 1.00 bits per heavy atom. The summed E-state index contributed by atoms with van der Waals surface area (Å²) in [6.07, 6.45) is 1.37. The second kappa shape index (κ2) is 8.87. The van der Waals surface area contributed by atoms with Crippen molar-refractivity contribution in [2.24, 2.45) is 5.10 Å². The molecule has 1 heterocycles. The molecule has 0 fully saturated rings. The van der Waals surface area contributed by atoms with E-state index >= 15 is 0 Å². The summed E-state index contributed by atoms with van der Waals surface area (Å²) in [7, 11) is 0. The van der Waals surface area contributed by atoms with Crippen molar-refractivity contribution >= 4 is 29.7 Å². The minimum Gasteiger partial charge on any atom is -0.478 e. The molecule has 3 aromatic rings. The first-order valence-corrected chi connectivity index (χ1v) is 8.98. The number of carbonyl (C=O) groups excluding carboxylic acids is 2. The summed E-state index contributed by atoms with van der Waals surface area (Å²) in [4.78, 5) is 34.2. The number of aryl methyl sites for hydroxylation is 1. The number of aromatic carboxylic acids is 1. The summed E-state index contributed by atoms with van der Waals surface area (Å²) < 4.78 is 5.70. The number of nitrogens with zero attached hydrogens (tertiary/aromatic N) is 1. The van der Waals surface area contributed by atoms with Gasteiger partial charge in [0.2, 0.25) is 5.91 Å². The van der Waals surface area contributed by atoms with E-state index < -0.39 is 11.9 Å². The van der Waals surface area contributed by atoms with Gasteiger partial charge in [0, 0.05) is 23.7 Å². The molecule has 0 aliphatic heterocycles. The standard InChI is InChI=1S/C22H19N3O5/c1-13-11-16(22(28)29)5-9-19(13)20-10-8-18(30-20)12-23-25-21(27)15-3-6-17(7-4-15)24-14(2)26/h3-12H,1-2H3,(H,24,26)(H,25,27)(H,28,29)/b23-12-. The highest BCUT2D eigenvalue weighted by Gasteiger charge is 2.10. The third kappa shape index (κ3) is 4.99. The van der Waals surface area contributed by atoms with Gasteiger partial charge in [-0.1, -0.05) is 6.07 Å². The monoisotopic (exact) mass is 405 g/mol. The van der Waals surface area contributed by atoms with Crippen LogP contribution in [0.5, 0.6) is 0 Å². The summed E-state index contributed by atoms with van der Waals surface area (Å²) in [5.41, 5.74) is 5.13. The fourth-order valence-electron chi connectivity index (χ4n) is 2.77. The van der Waals surface area contributed by atoms with Crippen molar-refractivity contribution < 1.29 is 23.9 Å². The van der Waals surface area contributed by atoms with Gasteiger partial charge in [-0.3, -0.25) is 9.59 Å². The van der Waals surface area contributed by atoms with E-state index in [9.17, 15) is 14.4 Å². The molecule has 0 aliphatic carbocycles. The lowest BCUT2D eigenvalue weighted by atomic mass is 10.0. The van der Waals surface area contributed by atoms with Gasteiger partial charge in [0.05, 0.1) is 11.8 Å². The number of furan rings is 1. The molecule has 3 rings (SSSR count). The average Bonchev–Trinajstić information content (AvgIpc) is 3.16. The number of rotatable bonds is 6. The molecule has 0 saturated carbocycles. The van der Waals surface area contributed by atoms with Crippen molar-refractivity contribution in [3.05, 3.63) is 77.0 Å². The van der Waals surface area contributed by atoms with Gasteiger partial charge in [-0.15, -0.1) is 0 Å². The Kier molecular flexibility index (Phi) is 6.07. The zero-order valence-electron chi connectivity index (χ0n) is 16.3. The molecule has 0 unspecified atom stereocenters. The zero-order valence-corrected chi connectivity index (χ0v) is 16.3. The topological polar surface area (TPSA) is 121 Å². The second-order valence-electron chi connectivity index (χ2n) is 6.49. The minimum absolute atomic E-state index is 0.192. The second-order valence-corrected chi connectivity index (χ2v) is 6.49. The van der Waals surface area contributed by atoms with Crippen LogP contribution >= 0.6 is 0 Å². The van der Waals surface area contributed by atoms with Gasteiger partial charge >= 0.3 is 5.97 Å². The van der Waals surface area contributed by atoms with Gasteiger partial charge < -0.3 is 14.8 Å². The molecule has 0 atom stereocenters. The van der Waals surface area contributed by atoms with Crippen LogP contribution in [-0.4, -0.2) is 29.1 Å². The molecule has 3 N–H and O–H groups in total. The number of hydrazone groups is 1. The number of carboxylic acid groups (broad SMARTS) is 1. The van der Waals surface area contributed by atoms with Crippen molar-refractivity contribution in [1.29, 1.82) is 0 Å². The lowest BCUT2D eigenvalue weighted by Gasteiger charge is -2.04. The van der Waals surface area contributed by atoms with Gasteiger partial charge in [-0.25, -0.2) is 10.2 Å². The fourth-order valence-corrected chi connectivity index (χ4v) is 2.77. The third-order valence-corrected chi connectivity index (χ3v) is 4.19. The van der Waals surface area contributed by atoms with Crippen molar-refractivity contribution in [3.8, 4) is 11.3 Å². The number of carbonyl (C=O) groups is 3. The number of hydrogen-bond acceptors (Lipinski definition) is 5. The van der Waals surface area contributed by atoms with Gasteiger partial charge in [0.1, 0.15) is 11.5 Å². The number of nitrogens with one attached hydrogen (secondary N) is 2. The summed E-state index contributed by atoms with van der Waals surface area (Å²) in [6.45, 7) is 3.21. The fraction of sp³-hybridized carbons (Fsp3) is 0.0909. The molecule has 30 heavy (non-hydrogen) atoms. The van der Waals surface area contributed by atoms with E-state index in [0.29, 0.717) is 22.8 Å². The Labute approximate surface area is 172 Å². The highest BCUT2D eigenvalue weighted by Crippen LogP contribution is 2.26. The predicted octanol–water partition coefficient (Wildman–Crippen LogP) is 3.68. The van der Waals surface area contributed by atoms with Crippen LogP contribution in [0.15, 0.2) is 64.1 Å². The van der Waals surface area contributed by atoms with Crippen LogP contribution < -0.4 is 10.7 Å². The molecular weight excluding hydrogens is 386 g/mol. The predicted molar refractivity (Wildman–Crippen MR) is 112 cm³/mol. The number of carboxylic acids is 1. The Balaban J connectivity index is 1.64. The number of anilines is 1. The Morgan fingerprint density at radius 3 is 2.33 bits per heavy atom. The SMILES string of the molecule is CC(=O)Nc1ccc(C(=O)N/N=C\c2ccc(-c3ccc(C(=O)O)cc3C)o2)cc1. The Bertz CT molecular complexity index is 1130. The molecule has 0 bridgehead atoms. The summed E-state index contributed by atoms with van der Waals surface area (Å²) >= 11 is 0. The zero-order chi connectivity index (χ0) is 21.7. The van der Waals surface area contributed by atoms with E-state index in [1.54, 1.807) is 55.5 Å². The first-order valence-electron chi connectivity index (χ1n) is 8.98. The van der Waals surface area contributed by atoms with E-state index in [-0.39, 0.29) is 11.5 Å². The smallest absolute Gasteiger partial charge is 0.335 e. The largest absolute Gasteiger partial charge is 0.478 e. The molecule has 0 saturated heterocycles. The van der Waals surface area contributed by atoms with Crippen LogP contribution in [0.1, 0.15) is 39.0 Å².